The van der Waals surface area contributed by atoms with Crippen LogP contribution in [-0.4, -0.2) is 58.5 Å². The summed E-state index contributed by atoms with van der Waals surface area (Å²) in [6, 6.07) is 15.0. The molecule has 3 N–H and O–H groups in total. The van der Waals surface area contributed by atoms with E-state index in [-0.39, 0.29) is 12.5 Å². The van der Waals surface area contributed by atoms with Gasteiger partial charge in [-0.2, -0.15) is 0 Å². The van der Waals surface area contributed by atoms with Crippen molar-refractivity contribution in [2.75, 3.05) is 37.6 Å². The first-order valence-corrected chi connectivity index (χ1v) is 11.7. The number of aromatic nitrogens is 3. The number of amides is 1. The van der Waals surface area contributed by atoms with E-state index in [0.717, 1.165) is 52.6 Å². The molecule has 7 nitrogen and oxygen atoms in total. The number of benzene rings is 1. The number of aryl methyl sites for hydroxylation is 3. The molecule has 1 aliphatic rings. The van der Waals surface area contributed by atoms with Crippen LogP contribution in [0.5, 0.6) is 0 Å². The minimum absolute atomic E-state index is 0.00950. The number of carbonyl (C=O) groups is 1. The van der Waals surface area contributed by atoms with Gasteiger partial charge in [-0.05, 0) is 62.2 Å². The molecule has 4 aromatic rings. The van der Waals surface area contributed by atoms with E-state index < -0.39 is 0 Å². The number of aromatic amines is 1. The Balaban J connectivity index is 1.38. The lowest BCUT2D eigenvalue weighted by Gasteiger charge is -2.35. The maximum atomic E-state index is 11.8. The van der Waals surface area contributed by atoms with Gasteiger partial charge in [-0.25, -0.2) is 4.98 Å². The third kappa shape index (κ3) is 4.15. The van der Waals surface area contributed by atoms with Crippen LogP contribution in [0, 0.1) is 20.8 Å². The molecule has 1 aromatic carbocycles. The highest BCUT2D eigenvalue weighted by molar-refractivity contribution is 5.93. The fourth-order valence-corrected chi connectivity index (χ4v) is 4.84. The molecule has 34 heavy (non-hydrogen) atoms. The van der Waals surface area contributed by atoms with Crippen molar-refractivity contribution >= 4 is 22.6 Å². The number of nitrogens with two attached hydrogens (primary N) is 1. The summed E-state index contributed by atoms with van der Waals surface area (Å²) < 4.78 is 0. The Bertz CT molecular complexity index is 1330. The van der Waals surface area contributed by atoms with Gasteiger partial charge in [0.05, 0.1) is 6.54 Å². The van der Waals surface area contributed by atoms with Crippen LogP contribution in [0.2, 0.25) is 0 Å². The number of carbonyl (C=O) groups excluding carboxylic acids is 1. The van der Waals surface area contributed by atoms with Gasteiger partial charge >= 0.3 is 0 Å². The summed E-state index contributed by atoms with van der Waals surface area (Å²) in [6.45, 7) is 9.19. The number of fused-ring (bicyclic) bond motifs is 1. The normalized spacial score (nSPS) is 14.1. The summed E-state index contributed by atoms with van der Waals surface area (Å²) in [4.78, 5) is 28.7. The second kappa shape index (κ2) is 8.91. The van der Waals surface area contributed by atoms with Gasteiger partial charge in [0.1, 0.15) is 5.82 Å². The molecule has 0 atom stereocenters. The van der Waals surface area contributed by atoms with Crippen LogP contribution >= 0.6 is 0 Å². The van der Waals surface area contributed by atoms with E-state index in [1.54, 1.807) is 0 Å². The maximum absolute atomic E-state index is 11.8. The number of nitrogens with zero attached hydrogens (tertiary/aromatic N) is 4. The van der Waals surface area contributed by atoms with E-state index in [4.69, 9.17) is 10.7 Å². The summed E-state index contributed by atoms with van der Waals surface area (Å²) in [5, 5.41) is 1.22. The Hall–Kier alpha value is -3.71. The molecule has 0 aliphatic carbocycles. The van der Waals surface area contributed by atoms with E-state index in [1.165, 1.54) is 16.5 Å². The molecule has 0 radical (unpaired) electrons. The van der Waals surface area contributed by atoms with Gasteiger partial charge in [0.25, 0.3) is 0 Å². The third-order valence-electron chi connectivity index (χ3n) is 6.64. The van der Waals surface area contributed by atoms with Crippen molar-refractivity contribution in [2.24, 2.45) is 5.73 Å². The lowest BCUT2D eigenvalue weighted by Crippen LogP contribution is -2.50. The lowest BCUT2D eigenvalue weighted by atomic mass is 10.0. The van der Waals surface area contributed by atoms with Crippen LogP contribution in [0.25, 0.3) is 33.3 Å². The molecule has 1 amide bonds. The van der Waals surface area contributed by atoms with E-state index in [1.807, 2.05) is 24.9 Å². The summed E-state index contributed by atoms with van der Waals surface area (Å²) in [6.07, 6.45) is 1.93. The zero-order chi connectivity index (χ0) is 23.8. The molecule has 0 bridgehead atoms. The molecule has 174 valence electrons. The van der Waals surface area contributed by atoms with Crippen molar-refractivity contribution in [1.82, 2.24) is 19.9 Å². The van der Waals surface area contributed by atoms with Gasteiger partial charge in [0, 0.05) is 71.5 Å². The summed E-state index contributed by atoms with van der Waals surface area (Å²) in [5.74, 6) is 0.946. The number of rotatable bonds is 4. The first kappa shape index (κ1) is 22.1. The number of hydrogen-bond donors (Lipinski definition) is 2. The quantitative estimate of drug-likeness (QED) is 0.489. The zero-order valence-electron chi connectivity index (χ0n) is 19.9. The Morgan fingerprint density at radius 2 is 1.65 bits per heavy atom. The standard InChI is InChI=1S/C27H30N6O/c1-17-12-22(13-18(2)30-17)27-19(3)23-6-4-20(14-24(23)31-27)21-5-7-25(29-16-21)32-8-10-33(11-9-32)26(34)15-28/h4-7,12-14,16,31H,8-11,15,28H2,1-3H3. The smallest absolute Gasteiger partial charge is 0.236 e. The molecular formula is C27H30N6O. The largest absolute Gasteiger partial charge is 0.354 e. The summed E-state index contributed by atoms with van der Waals surface area (Å²) in [5.41, 5.74) is 14.4. The molecule has 4 heterocycles. The summed E-state index contributed by atoms with van der Waals surface area (Å²) >= 11 is 0. The molecule has 7 heteroatoms. The number of nitrogens with one attached hydrogen (secondary N) is 1. The van der Waals surface area contributed by atoms with E-state index in [2.05, 4.69) is 64.3 Å². The molecular weight excluding hydrogens is 424 g/mol. The Morgan fingerprint density at radius 1 is 0.941 bits per heavy atom. The highest BCUT2D eigenvalue weighted by atomic mass is 16.2. The molecule has 5 rings (SSSR count). The van der Waals surface area contributed by atoms with Gasteiger partial charge in [0.2, 0.25) is 5.91 Å². The van der Waals surface area contributed by atoms with E-state index >= 15 is 0 Å². The first-order valence-electron chi connectivity index (χ1n) is 11.7. The van der Waals surface area contributed by atoms with E-state index in [9.17, 15) is 4.79 Å². The molecule has 0 spiro atoms. The Morgan fingerprint density at radius 3 is 2.29 bits per heavy atom. The monoisotopic (exact) mass is 454 g/mol. The highest BCUT2D eigenvalue weighted by Gasteiger charge is 2.21. The Labute approximate surface area is 199 Å². The van der Waals surface area contributed by atoms with Crippen molar-refractivity contribution in [3.05, 3.63) is 65.6 Å². The molecule has 1 fully saturated rings. The predicted molar refractivity (Wildman–Crippen MR) is 137 cm³/mol. The van der Waals surface area contributed by atoms with Crippen LogP contribution < -0.4 is 10.6 Å². The second-order valence-corrected chi connectivity index (χ2v) is 9.00. The van der Waals surface area contributed by atoms with Crippen LogP contribution in [0.1, 0.15) is 17.0 Å². The minimum Gasteiger partial charge on any atom is -0.354 e. The van der Waals surface area contributed by atoms with Crippen molar-refractivity contribution in [3.8, 4) is 22.4 Å². The average Bonchev–Trinajstić information content (AvgIpc) is 3.19. The van der Waals surface area contributed by atoms with E-state index in [0.29, 0.717) is 13.1 Å². The van der Waals surface area contributed by atoms with Crippen LogP contribution in [0.3, 0.4) is 0 Å². The SMILES string of the molecule is Cc1cc(-c2[nH]c3cc(-c4ccc(N5CCN(C(=O)CN)CC5)nc4)ccc3c2C)cc(C)n1. The van der Waals surface area contributed by atoms with Gasteiger partial charge < -0.3 is 20.5 Å². The van der Waals surface area contributed by atoms with Crippen LogP contribution in [0.15, 0.2) is 48.7 Å². The van der Waals surface area contributed by atoms with Crippen molar-refractivity contribution in [2.45, 2.75) is 20.8 Å². The van der Waals surface area contributed by atoms with Crippen LogP contribution in [0.4, 0.5) is 5.82 Å². The zero-order valence-corrected chi connectivity index (χ0v) is 19.9. The van der Waals surface area contributed by atoms with Crippen molar-refractivity contribution in [1.29, 1.82) is 0 Å². The van der Waals surface area contributed by atoms with Gasteiger partial charge in [0.15, 0.2) is 0 Å². The Kier molecular flexibility index (Phi) is 5.79. The third-order valence-corrected chi connectivity index (χ3v) is 6.64. The molecule has 1 aliphatic heterocycles. The molecule has 0 unspecified atom stereocenters. The topological polar surface area (TPSA) is 91.1 Å². The number of hydrogen-bond acceptors (Lipinski definition) is 5. The van der Waals surface area contributed by atoms with Crippen LogP contribution in [-0.2, 0) is 4.79 Å². The molecule has 3 aromatic heterocycles. The highest BCUT2D eigenvalue weighted by Crippen LogP contribution is 2.33. The van der Waals surface area contributed by atoms with Gasteiger partial charge in [-0.3, -0.25) is 9.78 Å². The number of H-pyrrole nitrogens is 1. The number of pyridine rings is 2. The predicted octanol–water partition coefficient (Wildman–Crippen LogP) is 3.82. The van der Waals surface area contributed by atoms with Crippen molar-refractivity contribution in [3.63, 3.8) is 0 Å². The molecule has 1 saturated heterocycles. The second-order valence-electron chi connectivity index (χ2n) is 9.00. The van der Waals surface area contributed by atoms with Crippen molar-refractivity contribution < 1.29 is 4.79 Å². The lowest BCUT2D eigenvalue weighted by molar-refractivity contribution is -0.129. The first-order chi connectivity index (χ1) is 16.4. The fraction of sp³-hybridized carbons (Fsp3) is 0.296. The summed E-state index contributed by atoms with van der Waals surface area (Å²) in [7, 11) is 0. The van der Waals surface area contributed by atoms with Gasteiger partial charge in [-0.1, -0.05) is 12.1 Å². The average molecular weight is 455 g/mol. The number of anilines is 1. The van der Waals surface area contributed by atoms with Gasteiger partial charge in [-0.15, -0.1) is 0 Å². The fourth-order valence-electron chi connectivity index (χ4n) is 4.84. The molecule has 0 saturated carbocycles. The number of piperazine rings is 1. The minimum atomic E-state index is 0.00950. The maximum Gasteiger partial charge on any atom is 0.236 e.